The molecule has 0 unspecified atom stereocenters. The highest BCUT2D eigenvalue weighted by molar-refractivity contribution is 6.60. The molecule has 2 aromatic rings. The number of para-hydroxylation sites is 2. The van der Waals surface area contributed by atoms with Crippen molar-refractivity contribution in [2.75, 3.05) is 0 Å². The molecule has 5 nitrogen and oxygen atoms in total. The Bertz CT molecular complexity index is 668. The van der Waals surface area contributed by atoms with Crippen molar-refractivity contribution < 1.29 is 24.8 Å². The summed E-state index contributed by atoms with van der Waals surface area (Å²) < 4.78 is 5.86. The molecule has 0 aromatic heterocycles. The van der Waals surface area contributed by atoms with E-state index in [1.165, 1.54) is 0 Å². The van der Waals surface area contributed by atoms with Gasteiger partial charge in [0.15, 0.2) is 0 Å². The van der Waals surface area contributed by atoms with Crippen molar-refractivity contribution in [3.63, 3.8) is 0 Å². The zero-order valence-electron chi connectivity index (χ0n) is 12.3. The van der Waals surface area contributed by atoms with Gasteiger partial charge in [-0.25, -0.2) is 0 Å². The molecule has 0 saturated carbocycles. The summed E-state index contributed by atoms with van der Waals surface area (Å²) in [5.41, 5.74) is 1.65. The second kappa shape index (κ2) is 5.14. The van der Waals surface area contributed by atoms with Gasteiger partial charge in [0, 0.05) is 27.5 Å². The lowest BCUT2D eigenvalue weighted by Gasteiger charge is -2.36. The largest absolute Gasteiger partial charge is 0.492 e. The van der Waals surface area contributed by atoms with E-state index in [9.17, 15) is 20.1 Å². The average Bonchev–Trinajstić information content (AvgIpc) is 2.46. The Morgan fingerprint density at radius 2 is 1.18 bits per heavy atom. The lowest BCUT2D eigenvalue weighted by molar-refractivity contribution is 0.400. The fourth-order valence-electron chi connectivity index (χ4n) is 2.98. The first-order valence-electron chi connectivity index (χ1n) is 7.01. The first-order chi connectivity index (χ1) is 10.3. The molecule has 22 heavy (non-hydrogen) atoms. The molecule has 0 spiro atoms. The van der Waals surface area contributed by atoms with Crippen LogP contribution in [0.25, 0.3) is 0 Å². The van der Waals surface area contributed by atoms with E-state index in [-0.39, 0.29) is 10.9 Å². The average molecular weight is 298 g/mol. The standard InChI is InChI=1S/C15H16B2O5/c1-15(2)9-5-3-7-11(16(18)19)13(9)22-14-10(15)6-4-8-12(14)17(20)21/h3-8,18-21H,1-2H3. The molecule has 0 atom stereocenters. The van der Waals surface area contributed by atoms with Gasteiger partial charge in [-0.3, -0.25) is 0 Å². The topological polar surface area (TPSA) is 90.2 Å². The predicted molar refractivity (Wildman–Crippen MR) is 84.7 cm³/mol. The van der Waals surface area contributed by atoms with E-state index in [1.54, 1.807) is 24.3 Å². The van der Waals surface area contributed by atoms with Crippen LogP contribution in [-0.2, 0) is 5.41 Å². The summed E-state index contributed by atoms with van der Waals surface area (Å²) in [6, 6.07) is 10.4. The van der Waals surface area contributed by atoms with Crippen molar-refractivity contribution in [1.29, 1.82) is 0 Å². The fraction of sp³-hybridized carbons (Fsp3) is 0.200. The van der Waals surface area contributed by atoms with E-state index < -0.39 is 19.7 Å². The summed E-state index contributed by atoms with van der Waals surface area (Å²) in [7, 11) is -3.34. The lowest BCUT2D eigenvalue weighted by atomic mass is 9.68. The summed E-state index contributed by atoms with van der Waals surface area (Å²) in [4.78, 5) is 0. The molecule has 0 saturated heterocycles. The van der Waals surface area contributed by atoms with Crippen LogP contribution in [0.3, 0.4) is 0 Å². The minimum absolute atomic E-state index is 0.249. The highest BCUT2D eigenvalue weighted by Crippen LogP contribution is 2.46. The van der Waals surface area contributed by atoms with Crippen molar-refractivity contribution in [2.24, 2.45) is 0 Å². The van der Waals surface area contributed by atoms with E-state index in [1.807, 2.05) is 26.0 Å². The maximum Gasteiger partial charge on any atom is 0.492 e. The van der Waals surface area contributed by atoms with Crippen LogP contribution in [-0.4, -0.2) is 34.3 Å². The summed E-state index contributed by atoms with van der Waals surface area (Å²) in [5, 5.41) is 38.2. The molecule has 2 aromatic carbocycles. The van der Waals surface area contributed by atoms with Crippen molar-refractivity contribution in [1.82, 2.24) is 0 Å². The number of hydrogen-bond acceptors (Lipinski definition) is 5. The Morgan fingerprint density at radius 3 is 1.55 bits per heavy atom. The van der Waals surface area contributed by atoms with E-state index in [0.29, 0.717) is 11.5 Å². The molecule has 0 radical (unpaired) electrons. The molecule has 7 heteroatoms. The first-order valence-corrected chi connectivity index (χ1v) is 7.01. The van der Waals surface area contributed by atoms with Gasteiger partial charge >= 0.3 is 14.2 Å². The van der Waals surface area contributed by atoms with Gasteiger partial charge in [0.25, 0.3) is 0 Å². The molecule has 1 heterocycles. The maximum atomic E-state index is 9.55. The third kappa shape index (κ3) is 2.14. The summed E-state index contributed by atoms with van der Waals surface area (Å²) >= 11 is 0. The van der Waals surface area contributed by atoms with Gasteiger partial charge in [-0.05, 0) is 0 Å². The van der Waals surface area contributed by atoms with Gasteiger partial charge in [-0.2, -0.15) is 0 Å². The second-order valence-corrected chi connectivity index (χ2v) is 5.92. The maximum absolute atomic E-state index is 9.55. The normalized spacial score (nSPS) is 14.6. The summed E-state index contributed by atoms with van der Waals surface area (Å²) in [6.07, 6.45) is 0. The zero-order chi connectivity index (χ0) is 16.1. The van der Waals surface area contributed by atoms with E-state index in [0.717, 1.165) is 11.1 Å². The van der Waals surface area contributed by atoms with Crippen LogP contribution < -0.4 is 15.7 Å². The van der Waals surface area contributed by atoms with Gasteiger partial charge in [0.2, 0.25) is 0 Å². The molecule has 0 bridgehead atoms. The Balaban J connectivity index is 2.29. The van der Waals surface area contributed by atoms with Gasteiger partial charge in [0.05, 0.1) is 0 Å². The Hall–Kier alpha value is -1.79. The number of rotatable bonds is 2. The van der Waals surface area contributed by atoms with Crippen LogP contribution in [0.15, 0.2) is 36.4 Å². The van der Waals surface area contributed by atoms with Crippen molar-refractivity contribution in [2.45, 2.75) is 19.3 Å². The molecule has 1 aliphatic heterocycles. The predicted octanol–water partition coefficient (Wildman–Crippen LogP) is -0.522. The van der Waals surface area contributed by atoms with E-state index in [2.05, 4.69) is 0 Å². The van der Waals surface area contributed by atoms with Gasteiger partial charge in [0.1, 0.15) is 11.5 Å². The number of benzene rings is 2. The van der Waals surface area contributed by atoms with Crippen LogP contribution in [0.2, 0.25) is 0 Å². The van der Waals surface area contributed by atoms with Crippen molar-refractivity contribution in [3.05, 3.63) is 47.5 Å². The molecular weight excluding hydrogens is 282 g/mol. The SMILES string of the molecule is CC1(C)c2cccc(B(O)O)c2Oc2c(B(O)O)cccc21. The highest BCUT2D eigenvalue weighted by Gasteiger charge is 2.38. The minimum atomic E-state index is -1.67. The Morgan fingerprint density at radius 1 is 0.773 bits per heavy atom. The van der Waals surface area contributed by atoms with Crippen LogP contribution in [0.5, 0.6) is 11.5 Å². The second-order valence-electron chi connectivity index (χ2n) is 5.92. The molecule has 4 N–H and O–H groups in total. The van der Waals surface area contributed by atoms with Crippen LogP contribution in [0.4, 0.5) is 0 Å². The van der Waals surface area contributed by atoms with Crippen LogP contribution >= 0.6 is 0 Å². The van der Waals surface area contributed by atoms with Crippen LogP contribution in [0.1, 0.15) is 25.0 Å². The Kier molecular flexibility index (Phi) is 3.53. The van der Waals surface area contributed by atoms with Gasteiger partial charge in [-0.1, -0.05) is 50.2 Å². The molecule has 3 rings (SSSR count). The zero-order valence-corrected chi connectivity index (χ0v) is 12.3. The monoisotopic (exact) mass is 298 g/mol. The lowest BCUT2D eigenvalue weighted by Crippen LogP contribution is -2.39. The third-order valence-electron chi connectivity index (χ3n) is 4.20. The number of ether oxygens (including phenoxy) is 1. The third-order valence-corrected chi connectivity index (χ3v) is 4.20. The molecular formula is C15H16B2O5. The quantitative estimate of drug-likeness (QED) is 0.560. The van der Waals surface area contributed by atoms with Gasteiger partial charge < -0.3 is 24.8 Å². The first kappa shape index (κ1) is 15.1. The molecule has 0 amide bonds. The minimum Gasteiger partial charge on any atom is -0.457 e. The molecule has 112 valence electrons. The van der Waals surface area contributed by atoms with Gasteiger partial charge in [-0.15, -0.1) is 0 Å². The van der Waals surface area contributed by atoms with Crippen molar-refractivity contribution >= 4 is 25.2 Å². The number of hydrogen-bond donors (Lipinski definition) is 4. The summed E-state index contributed by atoms with van der Waals surface area (Å²) in [5.74, 6) is 0.700. The highest BCUT2D eigenvalue weighted by atomic mass is 16.5. The van der Waals surface area contributed by atoms with E-state index in [4.69, 9.17) is 4.74 Å². The number of fused-ring (bicyclic) bond motifs is 2. The molecule has 0 aliphatic carbocycles. The Labute approximate surface area is 129 Å². The molecule has 1 aliphatic rings. The molecule has 0 fully saturated rings. The van der Waals surface area contributed by atoms with E-state index >= 15 is 0 Å². The fourth-order valence-corrected chi connectivity index (χ4v) is 2.98. The van der Waals surface area contributed by atoms with Crippen LogP contribution in [0, 0.1) is 0 Å². The summed E-state index contributed by atoms with van der Waals surface area (Å²) in [6.45, 7) is 3.96. The van der Waals surface area contributed by atoms with Crippen molar-refractivity contribution in [3.8, 4) is 11.5 Å². The smallest absolute Gasteiger partial charge is 0.457 e.